The van der Waals surface area contributed by atoms with E-state index in [1.54, 1.807) is 17.5 Å². The lowest BCUT2D eigenvalue weighted by Gasteiger charge is -2.05. The van der Waals surface area contributed by atoms with Gasteiger partial charge in [-0.05, 0) is 23.6 Å². The van der Waals surface area contributed by atoms with Crippen molar-refractivity contribution in [1.82, 2.24) is 5.32 Å². The van der Waals surface area contributed by atoms with Crippen LogP contribution in [0.3, 0.4) is 0 Å². The van der Waals surface area contributed by atoms with Crippen LogP contribution in [0, 0.1) is 10.1 Å². The largest absolute Gasteiger partial charge is 0.326 e. The SMILES string of the molecule is O=C(NC(=O)c1cccs1)Nc1ccc([N+](=O)[O-])cc1. The normalized spacial score (nSPS) is 9.80. The number of nitro groups is 1. The van der Waals surface area contributed by atoms with E-state index in [4.69, 9.17) is 0 Å². The molecule has 3 amide bonds. The third kappa shape index (κ3) is 3.39. The van der Waals surface area contributed by atoms with Crippen LogP contribution in [0.2, 0.25) is 0 Å². The lowest BCUT2D eigenvalue weighted by molar-refractivity contribution is -0.384. The molecule has 102 valence electrons. The number of nitrogens with zero attached hydrogens (tertiary/aromatic N) is 1. The van der Waals surface area contributed by atoms with Gasteiger partial charge in [-0.3, -0.25) is 20.2 Å². The van der Waals surface area contributed by atoms with Crippen molar-refractivity contribution in [2.24, 2.45) is 0 Å². The second-order valence-corrected chi connectivity index (χ2v) is 4.64. The molecule has 1 aromatic carbocycles. The van der Waals surface area contributed by atoms with Crippen molar-refractivity contribution in [1.29, 1.82) is 0 Å². The van der Waals surface area contributed by atoms with Gasteiger partial charge in [0.1, 0.15) is 0 Å². The van der Waals surface area contributed by atoms with Gasteiger partial charge in [0, 0.05) is 17.8 Å². The number of anilines is 1. The van der Waals surface area contributed by atoms with Gasteiger partial charge in [-0.25, -0.2) is 4.79 Å². The van der Waals surface area contributed by atoms with Crippen LogP contribution in [0.15, 0.2) is 41.8 Å². The molecule has 20 heavy (non-hydrogen) atoms. The van der Waals surface area contributed by atoms with Crippen molar-refractivity contribution in [3.63, 3.8) is 0 Å². The number of carbonyl (C=O) groups is 2. The fourth-order valence-electron chi connectivity index (χ4n) is 1.40. The highest BCUT2D eigenvalue weighted by Crippen LogP contribution is 2.15. The number of amides is 3. The molecule has 8 heteroatoms. The van der Waals surface area contributed by atoms with E-state index in [1.165, 1.54) is 35.6 Å². The van der Waals surface area contributed by atoms with Crippen LogP contribution < -0.4 is 10.6 Å². The fourth-order valence-corrected chi connectivity index (χ4v) is 2.02. The second-order valence-electron chi connectivity index (χ2n) is 3.69. The van der Waals surface area contributed by atoms with E-state index >= 15 is 0 Å². The minimum atomic E-state index is -0.697. The predicted octanol–water partition coefficient (Wildman–Crippen LogP) is 2.62. The Morgan fingerprint density at radius 2 is 1.85 bits per heavy atom. The third-order valence-electron chi connectivity index (χ3n) is 2.31. The summed E-state index contributed by atoms with van der Waals surface area (Å²) in [6, 6.07) is 7.89. The van der Waals surface area contributed by atoms with Gasteiger partial charge in [0.25, 0.3) is 11.6 Å². The van der Waals surface area contributed by atoms with Crippen LogP contribution in [0.5, 0.6) is 0 Å². The zero-order valence-corrected chi connectivity index (χ0v) is 10.8. The molecule has 0 aliphatic heterocycles. The third-order valence-corrected chi connectivity index (χ3v) is 3.18. The maximum Gasteiger partial charge on any atom is 0.326 e. The molecule has 0 unspecified atom stereocenters. The van der Waals surface area contributed by atoms with Crippen molar-refractivity contribution in [3.8, 4) is 0 Å². The van der Waals surface area contributed by atoms with E-state index in [-0.39, 0.29) is 5.69 Å². The van der Waals surface area contributed by atoms with Gasteiger partial charge in [-0.1, -0.05) is 6.07 Å². The highest BCUT2D eigenvalue weighted by molar-refractivity contribution is 7.12. The van der Waals surface area contributed by atoms with E-state index in [2.05, 4.69) is 10.6 Å². The number of thiophene rings is 1. The van der Waals surface area contributed by atoms with E-state index in [0.29, 0.717) is 10.6 Å². The molecule has 2 rings (SSSR count). The van der Waals surface area contributed by atoms with Gasteiger partial charge in [-0.2, -0.15) is 0 Å². The Kier molecular flexibility index (Phi) is 4.06. The molecule has 0 spiro atoms. The number of carbonyl (C=O) groups excluding carboxylic acids is 2. The number of hydrogen-bond acceptors (Lipinski definition) is 5. The smallest absolute Gasteiger partial charge is 0.308 e. The first-order valence-corrected chi connectivity index (χ1v) is 6.34. The molecular weight excluding hydrogens is 282 g/mol. The predicted molar refractivity (Wildman–Crippen MR) is 73.9 cm³/mol. The number of nitrogens with one attached hydrogen (secondary N) is 2. The Bertz CT molecular complexity index is 637. The van der Waals surface area contributed by atoms with Crippen LogP contribution in [0.4, 0.5) is 16.2 Å². The van der Waals surface area contributed by atoms with E-state index < -0.39 is 16.9 Å². The van der Waals surface area contributed by atoms with Crippen molar-refractivity contribution in [3.05, 3.63) is 56.8 Å². The summed E-state index contributed by atoms with van der Waals surface area (Å²) in [5.74, 6) is -0.501. The standard InChI is InChI=1S/C12H9N3O4S/c16-11(10-2-1-7-20-10)14-12(17)13-8-3-5-9(6-4-8)15(18)19/h1-7H,(H2,13,14,16,17). The van der Waals surface area contributed by atoms with E-state index in [0.717, 1.165) is 0 Å². The highest BCUT2D eigenvalue weighted by atomic mass is 32.1. The molecule has 0 aliphatic carbocycles. The Labute approximate surface area is 117 Å². The van der Waals surface area contributed by atoms with Crippen LogP contribution in [-0.2, 0) is 0 Å². The Morgan fingerprint density at radius 1 is 1.15 bits per heavy atom. The molecule has 0 aliphatic rings. The van der Waals surface area contributed by atoms with Crippen LogP contribution >= 0.6 is 11.3 Å². The first-order chi connectivity index (χ1) is 9.56. The summed E-state index contributed by atoms with van der Waals surface area (Å²) in [5.41, 5.74) is 0.276. The molecule has 2 N–H and O–H groups in total. The van der Waals surface area contributed by atoms with Crippen LogP contribution in [-0.4, -0.2) is 16.9 Å². The Balaban J connectivity index is 1.94. The number of benzene rings is 1. The first-order valence-electron chi connectivity index (χ1n) is 5.46. The second kappa shape index (κ2) is 5.93. The zero-order chi connectivity index (χ0) is 14.5. The van der Waals surface area contributed by atoms with Crippen molar-refractivity contribution in [2.45, 2.75) is 0 Å². The summed E-state index contributed by atoms with van der Waals surface area (Å²) in [7, 11) is 0. The van der Waals surface area contributed by atoms with Gasteiger partial charge in [-0.15, -0.1) is 11.3 Å². The average Bonchev–Trinajstić information content (AvgIpc) is 2.93. The van der Waals surface area contributed by atoms with E-state index in [9.17, 15) is 19.7 Å². The average molecular weight is 291 g/mol. The maximum absolute atomic E-state index is 11.6. The number of nitro benzene ring substituents is 1. The summed E-state index contributed by atoms with van der Waals surface area (Å²) >= 11 is 1.22. The van der Waals surface area contributed by atoms with Crippen molar-refractivity contribution >= 4 is 34.6 Å². The summed E-state index contributed by atoms with van der Waals surface area (Å²) in [6.07, 6.45) is 0. The molecule has 1 aromatic heterocycles. The van der Waals surface area contributed by atoms with Crippen molar-refractivity contribution in [2.75, 3.05) is 5.32 Å². The van der Waals surface area contributed by atoms with E-state index in [1.807, 2.05) is 0 Å². The minimum Gasteiger partial charge on any atom is -0.308 e. The highest BCUT2D eigenvalue weighted by Gasteiger charge is 2.11. The Morgan fingerprint density at radius 3 is 2.40 bits per heavy atom. The number of hydrogen-bond donors (Lipinski definition) is 2. The summed E-state index contributed by atoms with van der Waals surface area (Å²) < 4.78 is 0. The van der Waals surface area contributed by atoms with Gasteiger partial charge in [0.2, 0.25) is 0 Å². The van der Waals surface area contributed by atoms with Gasteiger partial charge in [0.05, 0.1) is 9.80 Å². The van der Waals surface area contributed by atoms with Crippen LogP contribution in [0.1, 0.15) is 9.67 Å². The molecule has 0 fully saturated rings. The lowest BCUT2D eigenvalue weighted by Crippen LogP contribution is -2.33. The fraction of sp³-hybridized carbons (Fsp3) is 0. The maximum atomic E-state index is 11.6. The quantitative estimate of drug-likeness (QED) is 0.670. The summed E-state index contributed by atoms with van der Waals surface area (Å²) in [4.78, 5) is 33.5. The minimum absolute atomic E-state index is 0.0781. The zero-order valence-electron chi connectivity index (χ0n) is 10.0. The lowest BCUT2D eigenvalue weighted by atomic mass is 10.3. The summed E-state index contributed by atoms with van der Waals surface area (Å²) in [6.45, 7) is 0. The molecule has 0 atom stereocenters. The first kappa shape index (κ1) is 13.7. The van der Waals surface area contributed by atoms with Gasteiger partial charge in [0.15, 0.2) is 0 Å². The van der Waals surface area contributed by atoms with Crippen LogP contribution in [0.25, 0.3) is 0 Å². The molecule has 7 nitrogen and oxygen atoms in total. The molecule has 0 bridgehead atoms. The Hall–Kier alpha value is -2.74. The van der Waals surface area contributed by atoms with Gasteiger partial charge >= 0.3 is 6.03 Å². The number of urea groups is 1. The monoisotopic (exact) mass is 291 g/mol. The number of rotatable bonds is 3. The molecule has 0 saturated carbocycles. The molecule has 1 heterocycles. The molecule has 2 aromatic rings. The molecule has 0 radical (unpaired) electrons. The topological polar surface area (TPSA) is 101 Å². The molecular formula is C12H9N3O4S. The number of imide groups is 1. The number of non-ortho nitro benzene ring substituents is 1. The summed E-state index contributed by atoms with van der Waals surface area (Å²) in [5, 5.41) is 16.8. The van der Waals surface area contributed by atoms with Gasteiger partial charge < -0.3 is 5.32 Å². The van der Waals surface area contributed by atoms with Crippen molar-refractivity contribution < 1.29 is 14.5 Å². The molecule has 0 saturated heterocycles.